The fourth-order valence-corrected chi connectivity index (χ4v) is 9.61. The average Bonchev–Trinajstić information content (AvgIpc) is 0.852. The molecule has 3 heterocycles. The number of aliphatic hydroxyl groups is 9. The van der Waals surface area contributed by atoms with Crippen LogP contribution < -0.4 is 42.5 Å². The topological polar surface area (TPSA) is 516 Å². The quantitative estimate of drug-likeness (QED) is 0.0252. The van der Waals surface area contributed by atoms with Gasteiger partial charge in [-0.25, -0.2) is 0 Å². The first-order chi connectivity index (χ1) is 44.1. The van der Waals surface area contributed by atoms with E-state index in [0.717, 1.165) is 0 Å². The van der Waals surface area contributed by atoms with E-state index in [0.29, 0.717) is 6.61 Å². The minimum Gasteiger partial charge on any atom is -0.394 e. The molecule has 8 amide bonds. The fraction of sp³-hybridized carbons (Fsp3) is 0.860. The molecular formula is C57H102N8O28. The molecule has 0 aromatic heterocycles. The highest BCUT2D eigenvalue weighted by atomic mass is 16.7. The van der Waals surface area contributed by atoms with Gasteiger partial charge in [0.15, 0.2) is 18.9 Å². The van der Waals surface area contributed by atoms with Gasteiger partial charge in [0.1, 0.15) is 85.1 Å². The Kier molecular flexibility index (Phi) is 38.8. The van der Waals surface area contributed by atoms with Crippen molar-refractivity contribution in [2.75, 3.05) is 112 Å². The molecule has 0 radical (unpaired) electrons. The predicted molar refractivity (Wildman–Crippen MR) is 318 cm³/mol. The second kappa shape index (κ2) is 43.9. The van der Waals surface area contributed by atoms with Crippen molar-refractivity contribution in [3.8, 4) is 0 Å². The Morgan fingerprint density at radius 3 is 1.13 bits per heavy atom. The molecule has 93 heavy (non-hydrogen) atoms. The lowest BCUT2D eigenvalue weighted by molar-refractivity contribution is -0.272. The number of aliphatic hydroxyl groups excluding tert-OH is 9. The number of carbonyl (C=O) groups is 8. The Labute approximate surface area is 539 Å². The number of amides is 8. The molecule has 36 nitrogen and oxygen atoms in total. The molecule has 3 rings (SSSR count). The zero-order chi connectivity index (χ0) is 69.2. The van der Waals surface area contributed by atoms with Crippen molar-refractivity contribution in [1.82, 2.24) is 42.5 Å². The maximum atomic E-state index is 13.8. The van der Waals surface area contributed by atoms with Crippen molar-refractivity contribution in [1.29, 1.82) is 0 Å². The van der Waals surface area contributed by atoms with Gasteiger partial charge in [-0.05, 0) is 47.0 Å². The maximum absolute atomic E-state index is 13.8. The van der Waals surface area contributed by atoms with Gasteiger partial charge >= 0.3 is 0 Å². The third-order valence-corrected chi connectivity index (χ3v) is 14.5. The summed E-state index contributed by atoms with van der Waals surface area (Å²) in [6.45, 7) is 8.40. The zero-order valence-corrected chi connectivity index (χ0v) is 53.9. The van der Waals surface area contributed by atoms with Crippen molar-refractivity contribution < 1.29 is 136 Å². The van der Waals surface area contributed by atoms with Gasteiger partial charge in [0, 0.05) is 59.7 Å². The molecule has 3 fully saturated rings. The molecule has 0 saturated carbocycles. The lowest BCUT2D eigenvalue weighted by atomic mass is 9.97. The summed E-state index contributed by atoms with van der Waals surface area (Å²) in [7, 11) is 0. The second-order valence-corrected chi connectivity index (χ2v) is 23.0. The van der Waals surface area contributed by atoms with Gasteiger partial charge in [0.25, 0.3) is 0 Å². The van der Waals surface area contributed by atoms with E-state index in [9.17, 15) is 84.3 Å². The van der Waals surface area contributed by atoms with Gasteiger partial charge in [-0.1, -0.05) is 0 Å². The van der Waals surface area contributed by atoms with Crippen molar-refractivity contribution in [2.24, 2.45) is 0 Å². The summed E-state index contributed by atoms with van der Waals surface area (Å²) >= 11 is 0. The predicted octanol–water partition coefficient (Wildman–Crippen LogP) is -8.20. The van der Waals surface area contributed by atoms with Crippen LogP contribution in [-0.4, -0.2) is 321 Å². The maximum Gasteiger partial charge on any atom is 0.242 e. The number of nitrogens with one attached hydrogen (secondary N) is 8. The molecule has 0 spiro atoms. The van der Waals surface area contributed by atoms with Gasteiger partial charge < -0.3 is 141 Å². The van der Waals surface area contributed by atoms with Crippen LogP contribution in [0.25, 0.3) is 0 Å². The number of hydrogen-bond donors (Lipinski definition) is 17. The molecule has 36 heteroatoms. The van der Waals surface area contributed by atoms with Gasteiger partial charge in [-0.2, -0.15) is 0 Å². The summed E-state index contributed by atoms with van der Waals surface area (Å²) in [4.78, 5) is 103. The van der Waals surface area contributed by atoms with Crippen LogP contribution in [0.15, 0.2) is 0 Å². The van der Waals surface area contributed by atoms with Crippen LogP contribution in [0.3, 0.4) is 0 Å². The van der Waals surface area contributed by atoms with Crippen LogP contribution in [0.2, 0.25) is 0 Å². The average molecular weight is 1350 g/mol. The number of hydrogen-bond acceptors (Lipinski definition) is 28. The lowest BCUT2D eigenvalue weighted by Gasteiger charge is -2.42. The first kappa shape index (κ1) is 82.2. The van der Waals surface area contributed by atoms with Gasteiger partial charge in [-0.15, -0.1) is 0 Å². The third-order valence-electron chi connectivity index (χ3n) is 14.5. The Morgan fingerprint density at radius 2 is 0.785 bits per heavy atom. The van der Waals surface area contributed by atoms with Crippen LogP contribution in [0.1, 0.15) is 87.0 Å². The van der Waals surface area contributed by atoms with Gasteiger partial charge in [0.2, 0.25) is 47.3 Å². The highest BCUT2D eigenvalue weighted by Gasteiger charge is 2.48. The highest BCUT2D eigenvalue weighted by molar-refractivity contribution is 5.90. The van der Waals surface area contributed by atoms with Gasteiger partial charge in [0.05, 0.1) is 104 Å². The molecule has 3 aliphatic heterocycles. The van der Waals surface area contributed by atoms with Crippen molar-refractivity contribution in [3.63, 3.8) is 0 Å². The molecule has 17 atom stereocenters. The molecule has 3 saturated heterocycles. The Hall–Kier alpha value is -5.04. The fourth-order valence-electron chi connectivity index (χ4n) is 9.61. The molecule has 0 bridgehead atoms. The van der Waals surface area contributed by atoms with E-state index in [1.54, 1.807) is 13.8 Å². The number of rotatable bonds is 45. The van der Waals surface area contributed by atoms with E-state index in [4.69, 9.17) is 52.1 Å². The van der Waals surface area contributed by atoms with E-state index < -0.39 is 183 Å². The van der Waals surface area contributed by atoms with Crippen molar-refractivity contribution >= 4 is 47.3 Å². The molecule has 538 valence electrons. The minimum absolute atomic E-state index is 0.0154. The van der Waals surface area contributed by atoms with E-state index in [1.807, 2.05) is 13.8 Å². The first-order valence-corrected chi connectivity index (χ1v) is 31.1. The van der Waals surface area contributed by atoms with E-state index >= 15 is 0 Å². The number of ether oxygens (including phenoxy) is 11. The highest BCUT2D eigenvalue weighted by Crippen LogP contribution is 2.25. The minimum atomic E-state index is -1.54. The van der Waals surface area contributed by atoms with Crippen molar-refractivity contribution in [2.45, 2.75) is 203 Å². The largest absolute Gasteiger partial charge is 0.394 e. The summed E-state index contributed by atoms with van der Waals surface area (Å²) in [5, 5.41) is 112. The SMILES string of the molecule is CC(=O)NC1C(OCCOCCNC(=O)CCC(NC(=O)CCC(NC(=O)CCC(C)(C)OCCOC(C)C)C(=O)NCCOCCOC2OC(CO)C(O)C(O)C2NC(C)=O)C(=O)NCCOCCOC2OC(CO)C(O)C(O)C2NC(C)=O)OC(CO)C(O)C1O. The molecular weight excluding hydrogens is 1240 g/mol. The van der Waals surface area contributed by atoms with Crippen LogP contribution in [0, 0.1) is 0 Å². The summed E-state index contributed by atoms with van der Waals surface area (Å²) in [5.74, 6) is -4.90. The Bertz CT molecular complexity index is 2250. The summed E-state index contributed by atoms with van der Waals surface area (Å²) < 4.78 is 61.7. The molecule has 0 aromatic rings. The van der Waals surface area contributed by atoms with Crippen LogP contribution >= 0.6 is 0 Å². The van der Waals surface area contributed by atoms with Crippen molar-refractivity contribution in [3.05, 3.63) is 0 Å². The first-order valence-electron chi connectivity index (χ1n) is 31.1. The molecule has 17 N–H and O–H groups in total. The molecule has 0 aliphatic carbocycles. The van der Waals surface area contributed by atoms with Gasteiger partial charge in [-0.3, -0.25) is 38.4 Å². The van der Waals surface area contributed by atoms with E-state index in [1.165, 1.54) is 20.8 Å². The summed E-state index contributed by atoms with van der Waals surface area (Å²) in [6.07, 6.45) is -17.6. The second-order valence-electron chi connectivity index (χ2n) is 23.0. The smallest absolute Gasteiger partial charge is 0.242 e. The normalized spacial score (nSPS) is 27.1. The Balaban J connectivity index is 1.65. The molecule has 3 aliphatic rings. The monoisotopic (exact) mass is 1350 g/mol. The number of carbonyl (C=O) groups excluding carboxylic acids is 8. The van der Waals surface area contributed by atoms with Crippen LogP contribution in [-0.2, 0) is 90.5 Å². The Morgan fingerprint density at radius 1 is 0.441 bits per heavy atom. The third kappa shape index (κ3) is 30.7. The molecule has 0 aromatic carbocycles. The molecule has 17 unspecified atom stereocenters. The zero-order valence-electron chi connectivity index (χ0n) is 53.9. The summed E-state index contributed by atoms with van der Waals surface area (Å²) in [6, 6.07) is -6.17. The van der Waals surface area contributed by atoms with Crippen LogP contribution in [0.5, 0.6) is 0 Å². The van der Waals surface area contributed by atoms with E-state index in [-0.39, 0.29) is 124 Å². The lowest BCUT2D eigenvalue weighted by Crippen LogP contribution is -2.64. The van der Waals surface area contributed by atoms with E-state index in [2.05, 4.69) is 42.5 Å². The standard InChI is InChI=1S/C57H102N8O28/c1-31(2)86-26-27-90-57(6,7)13-12-42(74)65-36(53(82)60-16-19-85-22-25-89-56-45(63-34(5)71)51(80)48(77)39(30-68)93-56)9-11-41(73)64-35(52(81)59-15-18-84-21-24-88-55-44(62-33(4)70)50(79)47(76)38(29-67)92-55)8-10-40(72)58-14-17-83-20-23-87-54-43(61-32(3)69)49(78)46(75)37(28-66)91-54/h31,35-39,43-51,54-56,66-68,75-80H,8-30H2,1-7H3,(H,58,72)(H,59,81)(H,60,82)(H,61,69)(H,62,70)(H,63,71)(H,64,73)(H,65,74). The summed E-state index contributed by atoms with van der Waals surface area (Å²) in [5.41, 5.74) is -0.771. The van der Waals surface area contributed by atoms with Crippen LogP contribution in [0.4, 0.5) is 0 Å².